The monoisotopic (exact) mass is 400 g/mol. The molecule has 0 N–H and O–H groups in total. The van der Waals surface area contributed by atoms with Crippen molar-refractivity contribution in [2.45, 2.75) is 50.9 Å². The Hall–Kier alpha value is -0.830. The molecule has 0 bridgehead atoms. The van der Waals surface area contributed by atoms with Crippen molar-refractivity contribution in [3.05, 3.63) is 15.1 Å². The van der Waals surface area contributed by atoms with Crippen molar-refractivity contribution in [2.75, 3.05) is 14.2 Å². The van der Waals surface area contributed by atoms with Crippen LogP contribution in [0.3, 0.4) is 0 Å². The fourth-order valence-electron chi connectivity index (χ4n) is 3.24. The van der Waals surface area contributed by atoms with Gasteiger partial charge < -0.3 is 9.47 Å². The minimum absolute atomic E-state index is 0.0323. The SMILES string of the molecule is CCc1nc(-c2nnc(Br)n2C2C(OC)CCCC2OC)cs1. The Balaban J connectivity index is 2.05. The third kappa shape index (κ3) is 3.22. The zero-order valence-electron chi connectivity index (χ0n) is 13.5. The van der Waals surface area contributed by atoms with Crippen LogP contribution in [0.4, 0.5) is 0 Å². The Morgan fingerprint density at radius 3 is 2.52 bits per heavy atom. The van der Waals surface area contributed by atoms with E-state index in [1.54, 1.807) is 25.6 Å². The summed E-state index contributed by atoms with van der Waals surface area (Å²) in [6.45, 7) is 2.10. The molecule has 2 heterocycles. The van der Waals surface area contributed by atoms with Crippen LogP contribution in [0.5, 0.6) is 0 Å². The van der Waals surface area contributed by atoms with Gasteiger partial charge in [-0.2, -0.15) is 0 Å². The van der Waals surface area contributed by atoms with E-state index in [0.29, 0.717) is 4.73 Å². The van der Waals surface area contributed by atoms with Gasteiger partial charge in [-0.05, 0) is 41.6 Å². The number of aromatic nitrogens is 4. The molecule has 2 aromatic heterocycles. The number of ether oxygens (including phenoxy) is 2. The van der Waals surface area contributed by atoms with E-state index in [4.69, 9.17) is 9.47 Å². The first-order valence-corrected chi connectivity index (χ1v) is 9.47. The number of rotatable bonds is 5. The molecule has 0 saturated heterocycles. The van der Waals surface area contributed by atoms with E-state index in [1.165, 1.54) is 0 Å². The average molecular weight is 401 g/mol. The topological polar surface area (TPSA) is 62.1 Å². The summed E-state index contributed by atoms with van der Waals surface area (Å²) in [7, 11) is 3.51. The fraction of sp³-hybridized carbons (Fsp3) is 0.667. The van der Waals surface area contributed by atoms with E-state index in [1.807, 2.05) is 5.38 Å². The summed E-state index contributed by atoms with van der Waals surface area (Å²) >= 11 is 5.19. The quantitative estimate of drug-likeness (QED) is 0.768. The summed E-state index contributed by atoms with van der Waals surface area (Å²) in [4.78, 5) is 4.66. The first kappa shape index (κ1) is 17.0. The lowest BCUT2D eigenvalue weighted by atomic mass is 9.89. The van der Waals surface area contributed by atoms with Crippen LogP contribution in [-0.2, 0) is 15.9 Å². The van der Waals surface area contributed by atoms with Crippen molar-refractivity contribution in [3.63, 3.8) is 0 Å². The van der Waals surface area contributed by atoms with E-state index in [-0.39, 0.29) is 18.2 Å². The Morgan fingerprint density at radius 2 is 1.96 bits per heavy atom. The molecule has 0 spiro atoms. The molecule has 23 heavy (non-hydrogen) atoms. The zero-order valence-corrected chi connectivity index (χ0v) is 15.9. The highest BCUT2D eigenvalue weighted by molar-refractivity contribution is 9.10. The van der Waals surface area contributed by atoms with Crippen molar-refractivity contribution in [1.82, 2.24) is 19.7 Å². The van der Waals surface area contributed by atoms with Crippen molar-refractivity contribution in [3.8, 4) is 11.5 Å². The first-order valence-electron chi connectivity index (χ1n) is 7.80. The van der Waals surface area contributed by atoms with Gasteiger partial charge in [-0.1, -0.05) is 6.92 Å². The zero-order chi connectivity index (χ0) is 16.4. The molecule has 2 atom stereocenters. The van der Waals surface area contributed by atoms with Crippen LogP contribution in [-0.4, -0.2) is 46.2 Å². The predicted octanol–water partition coefficient (Wildman–Crippen LogP) is 3.48. The van der Waals surface area contributed by atoms with Gasteiger partial charge in [0.1, 0.15) is 5.69 Å². The van der Waals surface area contributed by atoms with Gasteiger partial charge in [0.2, 0.25) is 4.73 Å². The molecule has 6 nitrogen and oxygen atoms in total. The second-order valence-electron chi connectivity index (χ2n) is 5.61. The van der Waals surface area contributed by atoms with Gasteiger partial charge in [-0.25, -0.2) is 4.98 Å². The Labute approximate surface area is 148 Å². The molecule has 1 aliphatic rings. The molecule has 3 rings (SSSR count). The second-order valence-corrected chi connectivity index (χ2v) is 7.26. The van der Waals surface area contributed by atoms with Crippen molar-refractivity contribution in [1.29, 1.82) is 0 Å². The van der Waals surface area contributed by atoms with E-state index in [2.05, 4.69) is 42.6 Å². The lowest BCUT2D eigenvalue weighted by Crippen LogP contribution is -2.40. The van der Waals surface area contributed by atoms with Crippen LogP contribution in [0.2, 0.25) is 0 Å². The van der Waals surface area contributed by atoms with E-state index in [0.717, 1.165) is 42.2 Å². The highest BCUT2D eigenvalue weighted by Crippen LogP contribution is 2.37. The predicted molar refractivity (Wildman–Crippen MR) is 92.7 cm³/mol. The third-order valence-electron chi connectivity index (χ3n) is 4.38. The number of thiazole rings is 1. The summed E-state index contributed by atoms with van der Waals surface area (Å²) in [5.41, 5.74) is 0.861. The number of aryl methyl sites for hydroxylation is 1. The summed E-state index contributed by atoms with van der Waals surface area (Å²) in [6, 6.07) is 0.0323. The number of hydrogen-bond acceptors (Lipinski definition) is 6. The molecule has 0 aliphatic heterocycles. The lowest BCUT2D eigenvalue weighted by Gasteiger charge is -2.37. The maximum absolute atomic E-state index is 5.74. The molecule has 126 valence electrons. The molecule has 1 aliphatic carbocycles. The Bertz CT molecular complexity index is 648. The maximum Gasteiger partial charge on any atom is 0.200 e. The van der Waals surface area contributed by atoms with Crippen molar-refractivity contribution < 1.29 is 9.47 Å². The Kier molecular flexibility index (Phi) is 5.45. The van der Waals surface area contributed by atoms with Crippen LogP contribution in [0.15, 0.2) is 10.1 Å². The van der Waals surface area contributed by atoms with Gasteiger partial charge in [0.15, 0.2) is 5.82 Å². The van der Waals surface area contributed by atoms with Crippen LogP contribution in [0, 0.1) is 0 Å². The second kappa shape index (κ2) is 7.38. The minimum atomic E-state index is 0.0323. The average Bonchev–Trinajstić information content (AvgIpc) is 3.20. The largest absolute Gasteiger partial charge is 0.379 e. The van der Waals surface area contributed by atoms with Crippen molar-refractivity contribution in [2.24, 2.45) is 0 Å². The lowest BCUT2D eigenvalue weighted by molar-refractivity contribution is -0.0561. The molecular formula is C15H21BrN4O2S. The van der Waals surface area contributed by atoms with Gasteiger partial charge in [-0.15, -0.1) is 21.5 Å². The molecule has 0 radical (unpaired) electrons. The Morgan fingerprint density at radius 1 is 1.26 bits per heavy atom. The van der Waals surface area contributed by atoms with E-state index in [9.17, 15) is 0 Å². The number of halogens is 1. The van der Waals surface area contributed by atoms with Gasteiger partial charge in [0.05, 0.1) is 23.3 Å². The minimum Gasteiger partial charge on any atom is -0.379 e. The molecule has 8 heteroatoms. The molecule has 2 aromatic rings. The molecule has 0 aromatic carbocycles. The van der Waals surface area contributed by atoms with Crippen molar-refractivity contribution >= 4 is 27.3 Å². The number of nitrogens with zero attached hydrogens (tertiary/aromatic N) is 4. The molecule has 1 fully saturated rings. The molecule has 1 saturated carbocycles. The normalized spacial score (nSPS) is 25.0. The van der Waals surface area contributed by atoms with Crippen LogP contribution >= 0.6 is 27.3 Å². The van der Waals surface area contributed by atoms with Crippen LogP contribution in [0.25, 0.3) is 11.5 Å². The summed E-state index contributed by atoms with van der Waals surface area (Å²) < 4.78 is 14.2. The maximum atomic E-state index is 5.74. The first-order chi connectivity index (χ1) is 11.2. The van der Waals surface area contributed by atoms with Crippen LogP contribution < -0.4 is 0 Å². The van der Waals surface area contributed by atoms with Gasteiger partial charge in [0, 0.05) is 19.6 Å². The third-order valence-corrected chi connectivity index (χ3v) is 5.91. The van der Waals surface area contributed by atoms with Crippen LogP contribution in [0.1, 0.15) is 37.2 Å². The molecule has 2 unspecified atom stereocenters. The number of hydrogen-bond donors (Lipinski definition) is 0. The smallest absolute Gasteiger partial charge is 0.200 e. The van der Waals surface area contributed by atoms with Gasteiger partial charge in [0.25, 0.3) is 0 Å². The molecule has 0 amide bonds. The highest BCUT2D eigenvalue weighted by Gasteiger charge is 2.38. The molecular weight excluding hydrogens is 380 g/mol. The highest BCUT2D eigenvalue weighted by atomic mass is 79.9. The summed E-state index contributed by atoms with van der Waals surface area (Å²) in [6.07, 6.45) is 4.17. The van der Waals surface area contributed by atoms with Gasteiger partial charge in [-0.3, -0.25) is 4.57 Å². The van der Waals surface area contributed by atoms with E-state index < -0.39 is 0 Å². The fourth-order valence-corrected chi connectivity index (χ4v) is 4.44. The van der Waals surface area contributed by atoms with E-state index >= 15 is 0 Å². The number of methoxy groups -OCH3 is 2. The summed E-state index contributed by atoms with van der Waals surface area (Å²) in [5, 5.41) is 11.7. The summed E-state index contributed by atoms with van der Waals surface area (Å²) in [5.74, 6) is 0.767. The van der Waals surface area contributed by atoms with Gasteiger partial charge >= 0.3 is 0 Å². The standard InChI is InChI=1S/C15H21BrN4O2S/c1-4-12-17-9(8-23-12)14-18-19-15(16)20(14)13-10(21-2)6-5-7-11(13)22-3/h8,10-11,13H,4-7H2,1-3H3.